The molecule has 0 spiro atoms. The molecule has 0 fully saturated rings. The fourth-order valence-electron chi connectivity index (χ4n) is 2.31. The number of hydrogen-bond acceptors (Lipinski definition) is 5. The lowest BCUT2D eigenvalue weighted by atomic mass is 10.1. The number of rotatable bonds is 5. The van der Waals surface area contributed by atoms with Gasteiger partial charge in [0.1, 0.15) is 0 Å². The van der Waals surface area contributed by atoms with E-state index >= 15 is 0 Å². The molecule has 24 heavy (non-hydrogen) atoms. The lowest BCUT2D eigenvalue weighted by Gasteiger charge is -2.08. The van der Waals surface area contributed by atoms with Gasteiger partial charge in [-0.3, -0.25) is 4.79 Å². The van der Waals surface area contributed by atoms with Gasteiger partial charge in [-0.1, -0.05) is 47.7 Å². The van der Waals surface area contributed by atoms with Gasteiger partial charge in [-0.15, -0.1) is 5.10 Å². The summed E-state index contributed by atoms with van der Waals surface area (Å²) in [5.41, 5.74) is 3.95. The number of anilines is 1. The highest BCUT2D eigenvalue weighted by Crippen LogP contribution is 2.21. The molecule has 6 nitrogen and oxygen atoms in total. The van der Waals surface area contributed by atoms with E-state index in [9.17, 15) is 4.79 Å². The molecule has 122 valence electrons. The summed E-state index contributed by atoms with van der Waals surface area (Å²) < 4.78 is 1.66. The number of benzene rings is 2. The third-order valence-corrected chi connectivity index (χ3v) is 4.33. The van der Waals surface area contributed by atoms with Crippen molar-refractivity contribution >= 4 is 23.4 Å². The highest BCUT2D eigenvalue weighted by atomic mass is 32.2. The molecule has 0 saturated heterocycles. The third kappa shape index (κ3) is 3.80. The second kappa shape index (κ2) is 7.27. The van der Waals surface area contributed by atoms with E-state index in [0.717, 1.165) is 16.9 Å². The minimum Gasteiger partial charge on any atom is -0.325 e. The molecule has 1 aromatic heterocycles. The van der Waals surface area contributed by atoms with Crippen molar-refractivity contribution in [2.45, 2.75) is 19.0 Å². The summed E-state index contributed by atoms with van der Waals surface area (Å²) in [6.45, 7) is 4.06. The first kappa shape index (κ1) is 16.2. The van der Waals surface area contributed by atoms with Crippen LogP contribution in [0.1, 0.15) is 11.1 Å². The topological polar surface area (TPSA) is 72.7 Å². The van der Waals surface area contributed by atoms with Gasteiger partial charge in [0.2, 0.25) is 11.1 Å². The van der Waals surface area contributed by atoms with Crippen LogP contribution < -0.4 is 5.32 Å². The van der Waals surface area contributed by atoms with Crippen LogP contribution in [0.2, 0.25) is 0 Å². The van der Waals surface area contributed by atoms with E-state index in [1.165, 1.54) is 17.3 Å². The number of carbonyl (C=O) groups excluding carboxylic acids is 1. The molecule has 3 rings (SSSR count). The van der Waals surface area contributed by atoms with Crippen LogP contribution in [0.25, 0.3) is 5.69 Å². The first-order valence-electron chi connectivity index (χ1n) is 7.47. The highest BCUT2D eigenvalue weighted by molar-refractivity contribution is 7.99. The molecule has 0 aliphatic rings. The molecule has 1 heterocycles. The van der Waals surface area contributed by atoms with Gasteiger partial charge in [-0.2, -0.15) is 4.68 Å². The standard InChI is InChI=1S/C17H17N5OS/c1-12-8-9-15(13(2)10-12)22-17(19-20-21-22)24-11-16(23)18-14-6-4-3-5-7-14/h3-10H,11H2,1-2H3,(H,18,23). The van der Waals surface area contributed by atoms with E-state index in [4.69, 9.17) is 0 Å². The van der Waals surface area contributed by atoms with Crippen LogP contribution in [-0.4, -0.2) is 31.9 Å². The molecule has 0 aliphatic heterocycles. The number of nitrogens with one attached hydrogen (secondary N) is 1. The molecule has 1 N–H and O–H groups in total. The molecule has 2 aromatic carbocycles. The lowest BCUT2D eigenvalue weighted by Crippen LogP contribution is -2.14. The Morgan fingerprint density at radius 2 is 1.96 bits per heavy atom. The summed E-state index contributed by atoms with van der Waals surface area (Å²) in [6.07, 6.45) is 0. The van der Waals surface area contributed by atoms with Gasteiger partial charge in [-0.25, -0.2) is 0 Å². The molecule has 0 saturated carbocycles. The quantitative estimate of drug-likeness (QED) is 0.724. The maximum Gasteiger partial charge on any atom is 0.234 e. The summed E-state index contributed by atoms with van der Waals surface area (Å²) in [7, 11) is 0. The van der Waals surface area contributed by atoms with Crippen molar-refractivity contribution in [1.29, 1.82) is 0 Å². The molecule has 7 heteroatoms. The molecule has 0 radical (unpaired) electrons. The highest BCUT2D eigenvalue weighted by Gasteiger charge is 2.13. The maximum atomic E-state index is 12.1. The number of aromatic nitrogens is 4. The van der Waals surface area contributed by atoms with E-state index in [0.29, 0.717) is 5.16 Å². The normalized spacial score (nSPS) is 10.6. The van der Waals surface area contributed by atoms with E-state index in [1.807, 2.05) is 56.3 Å². The number of amides is 1. The fourth-order valence-corrected chi connectivity index (χ4v) is 3.00. The van der Waals surface area contributed by atoms with Gasteiger partial charge >= 0.3 is 0 Å². The van der Waals surface area contributed by atoms with Crippen LogP contribution in [0.5, 0.6) is 0 Å². The summed E-state index contributed by atoms with van der Waals surface area (Å²) in [4.78, 5) is 12.1. The smallest absolute Gasteiger partial charge is 0.234 e. The monoisotopic (exact) mass is 339 g/mol. The molecular weight excluding hydrogens is 322 g/mol. The van der Waals surface area contributed by atoms with Crippen LogP contribution in [0.3, 0.4) is 0 Å². The Hall–Kier alpha value is -2.67. The number of carbonyl (C=O) groups is 1. The number of thioether (sulfide) groups is 1. The Morgan fingerprint density at radius 3 is 2.71 bits per heavy atom. The van der Waals surface area contributed by atoms with Crippen molar-refractivity contribution in [2.75, 3.05) is 11.1 Å². The predicted molar refractivity (Wildman–Crippen MR) is 94.4 cm³/mol. The number of hydrogen-bond donors (Lipinski definition) is 1. The van der Waals surface area contributed by atoms with Crippen molar-refractivity contribution in [1.82, 2.24) is 20.2 Å². The zero-order valence-electron chi connectivity index (χ0n) is 13.4. The zero-order chi connectivity index (χ0) is 16.9. The first-order chi connectivity index (χ1) is 11.6. The second-order valence-corrected chi connectivity index (χ2v) is 6.31. The van der Waals surface area contributed by atoms with Crippen molar-refractivity contribution < 1.29 is 4.79 Å². The van der Waals surface area contributed by atoms with E-state index < -0.39 is 0 Å². The third-order valence-electron chi connectivity index (χ3n) is 3.41. The summed E-state index contributed by atoms with van der Waals surface area (Å²) in [6, 6.07) is 15.4. The molecule has 0 aliphatic carbocycles. The average molecular weight is 339 g/mol. The Labute approximate surface area is 144 Å². The summed E-state index contributed by atoms with van der Waals surface area (Å²) in [5.74, 6) is 0.140. The molecule has 3 aromatic rings. The van der Waals surface area contributed by atoms with Crippen LogP contribution in [0.15, 0.2) is 53.7 Å². The predicted octanol–water partition coefficient (Wildman–Crippen LogP) is 3.01. The molecule has 0 unspecified atom stereocenters. The number of aryl methyl sites for hydroxylation is 2. The fraction of sp³-hybridized carbons (Fsp3) is 0.176. The SMILES string of the molecule is Cc1ccc(-n2nnnc2SCC(=O)Nc2ccccc2)c(C)c1. The van der Waals surface area contributed by atoms with Gasteiger partial charge < -0.3 is 5.32 Å². The average Bonchev–Trinajstić information content (AvgIpc) is 3.02. The van der Waals surface area contributed by atoms with Crippen molar-refractivity contribution in [3.05, 3.63) is 59.7 Å². The molecular formula is C17H17N5OS. The van der Waals surface area contributed by atoms with Crippen LogP contribution >= 0.6 is 11.8 Å². The number of nitrogens with zero attached hydrogens (tertiary/aromatic N) is 4. The van der Waals surface area contributed by atoms with Crippen LogP contribution in [-0.2, 0) is 4.79 Å². The second-order valence-electron chi connectivity index (χ2n) is 5.37. The minimum atomic E-state index is -0.0959. The van der Waals surface area contributed by atoms with Crippen molar-refractivity contribution in [2.24, 2.45) is 0 Å². The Bertz CT molecular complexity index is 847. The summed E-state index contributed by atoms with van der Waals surface area (Å²) >= 11 is 1.30. The van der Waals surface area contributed by atoms with Gasteiger partial charge in [-0.05, 0) is 48.0 Å². The Morgan fingerprint density at radius 1 is 1.17 bits per heavy atom. The minimum absolute atomic E-state index is 0.0959. The van der Waals surface area contributed by atoms with Gasteiger partial charge in [0, 0.05) is 5.69 Å². The van der Waals surface area contributed by atoms with Gasteiger partial charge in [0.05, 0.1) is 11.4 Å². The first-order valence-corrected chi connectivity index (χ1v) is 8.46. The molecule has 0 atom stereocenters. The van der Waals surface area contributed by atoms with E-state index in [1.54, 1.807) is 4.68 Å². The van der Waals surface area contributed by atoms with Gasteiger partial charge in [0.25, 0.3) is 0 Å². The lowest BCUT2D eigenvalue weighted by molar-refractivity contribution is -0.113. The molecule has 1 amide bonds. The number of tetrazole rings is 1. The number of para-hydroxylation sites is 1. The van der Waals surface area contributed by atoms with Gasteiger partial charge in [0.15, 0.2) is 0 Å². The Balaban J connectivity index is 1.69. The Kier molecular flexibility index (Phi) is 4.90. The van der Waals surface area contributed by atoms with Crippen LogP contribution in [0, 0.1) is 13.8 Å². The van der Waals surface area contributed by atoms with Crippen molar-refractivity contribution in [3.63, 3.8) is 0 Å². The maximum absolute atomic E-state index is 12.1. The van der Waals surface area contributed by atoms with E-state index in [2.05, 4.69) is 26.9 Å². The molecule has 0 bridgehead atoms. The van der Waals surface area contributed by atoms with E-state index in [-0.39, 0.29) is 11.7 Å². The van der Waals surface area contributed by atoms with Crippen molar-refractivity contribution in [3.8, 4) is 5.69 Å². The summed E-state index contributed by atoms with van der Waals surface area (Å²) in [5, 5.41) is 15.2. The zero-order valence-corrected chi connectivity index (χ0v) is 14.2. The largest absolute Gasteiger partial charge is 0.325 e. The van der Waals surface area contributed by atoms with Crippen LogP contribution in [0.4, 0.5) is 5.69 Å².